The van der Waals surface area contributed by atoms with Crippen molar-refractivity contribution in [2.75, 3.05) is 19.7 Å². The summed E-state index contributed by atoms with van der Waals surface area (Å²) in [6.45, 7) is 4.05. The number of nitrogens with zero attached hydrogens (tertiary/aromatic N) is 4. The highest BCUT2D eigenvalue weighted by Crippen LogP contribution is 2.30. The summed E-state index contributed by atoms with van der Waals surface area (Å²) in [5.74, 6) is 0.893. The van der Waals surface area contributed by atoms with Gasteiger partial charge in [-0.1, -0.05) is 16.8 Å². The van der Waals surface area contributed by atoms with Gasteiger partial charge in [0.05, 0.1) is 12.7 Å². The molecule has 3 rings (SSSR count). The number of hydrogen-bond acceptors (Lipinski definition) is 6. The van der Waals surface area contributed by atoms with Gasteiger partial charge in [0.15, 0.2) is 0 Å². The molecule has 0 spiro atoms. The fourth-order valence-electron chi connectivity index (χ4n) is 3.24. The molecule has 1 atom stereocenters. The van der Waals surface area contributed by atoms with Crippen LogP contribution in [0.2, 0.25) is 5.15 Å². The summed E-state index contributed by atoms with van der Waals surface area (Å²) in [4.78, 5) is 2.29. The molecule has 0 saturated carbocycles. The van der Waals surface area contributed by atoms with Gasteiger partial charge in [0.2, 0.25) is 0 Å². The summed E-state index contributed by atoms with van der Waals surface area (Å²) in [6.07, 6.45) is 1.10. The Balaban J connectivity index is 1.74. The second-order valence-electron chi connectivity index (χ2n) is 6.43. The first-order valence-corrected chi connectivity index (χ1v) is 8.53. The number of piperidine rings is 1. The highest BCUT2D eigenvalue weighted by Gasteiger charge is 2.27. The lowest BCUT2D eigenvalue weighted by molar-refractivity contribution is 0.0172. The third kappa shape index (κ3) is 3.49. The molecule has 1 saturated heterocycles. The lowest BCUT2D eigenvalue weighted by Crippen LogP contribution is -2.38. The zero-order valence-electron chi connectivity index (χ0n) is 13.9. The molecule has 3 heterocycles. The van der Waals surface area contributed by atoms with E-state index in [1.807, 2.05) is 20.0 Å². The highest BCUT2D eigenvalue weighted by atomic mass is 35.5. The molecule has 24 heavy (non-hydrogen) atoms. The minimum Gasteiger partial charge on any atom is -0.394 e. The Morgan fingerprint density at radius 3 is 2.71 bits per heavy atom. The summed E-state index contributed by atoms with van der Waals surface area (Å²) >= 11 is 6.43. The third-order valence-corrected chi connectivity index (χ3v) is 5.16. The van der Waals surface area contributed by atoms with Crippen molar-refractivity contribution in [1.29, 1.82) is 0 Å². The van der Waals surface area contributed by atoms with Gasteiger partial charge in [-0.25, -0.2) is 0 Å². The molecule has 8 heteroatoms. The van der Waals surface area contributed by atoms with Gasteiger partial charge in [0.25, 0.3) is 0 Å². The molecule has 2 N–H and O–H groups in total. The van der Waals surface area contributed by atoms with Crippen molar-refractivity contribution < 1.29 is 14.7 Å². The predicted molar refractivity (Wildman–Crippen MR) is 89.5 cm³/mol. The molecule has 132 valence electrons. The maximum atomic E-state index is 9.78. The van der Waals surface area contributed by atoms with Crippen molar-refractivity contribution in [1.82, 2.24) is 19.8 Å². The Hall–Kier alpha value is -1.41. The van der Waals surface area contributed by atoms with Crippen LogP contribution < -0.4 is 0 Å². The quantitative estimate of drug-likeness (QED) is 0.848. The average molecular weight is 355 g/mol. The predicted octanol–water partition coefficient (Wildman–Crippen LogP) is 1.60. The van der Waals surface area contributed by atoms with E-state index < -0.39 is 6.10 Å². The second-order valence-corrected chi connectivity index (χ2v) is 6.79. The molecule has 7 nitrogen and oxygen atoms in total. The Morgan fingerprint density at radius 1 is 1.42 bits per heavy atom. The number of hydrogen-bond donors (Lipinski definition) is 2. The van der Waals surface area contributed by atoms with Crippen LogP contribution in [0, 0.1) is 12.8 Å². The standard InChI is InChI=1S/C16H23ClN4O3/c1-10-7-13(19-24-10)15-12(16(17)20(2)18-15)8-21-5-3-11(4-6-21)14(23)9-22/h7,11,14,22-23H,3-6,8-9H2,1-2H3. The first-order chi connectivity index (χ1) is 11.5. The zero-order valence-corrected chi connectivity index (χ0v) is 14.7. The fourth-order valence-corrected chi connectivity index (χ4v) is 3.43. The fraction of sp³-hybridized carbons (Fsp3) is 0.625. The van der Waals surface area contributed by atoms with Crippen molar-refractivity contribution in [3.05, 3.63) is 22.5 Å². The van der Waals surface area contributed by atoms with Gasteiger partial charge < -0.3 is 14.7 Å². The van der Waals surface area contributed by atoms with Gasteiger partial charge in [-0.2, -0.15) is 5.10 Å². The van der Waals surface area contributed by atoms with Crippen molar-refractivity contribution in [2.45, 2.75) is 32.4 Å². The molecule has 0 amide bonds. The van der Waals surface area contributed by atoms with Crippen LogP contribution in [0.1, 0.15) is 24.2 Å². The summed E-state index contributed by atoms with van der Waals surface area (Å²) in [6, 6.07) is 1.85. The van der Waals surface area contributed by atoms with Gasteiger partial charge in [-0.3, -0.25) is 9.58 Å². The average Bonchev–Trinajstić information content (AvgIpc) is 3.13. The SMILES string of the molecule is Cc1cc(-c2nn(C)c(Cl)c2CN2CCC(C(O)CO)CC2)no1. The number of halogens is 1. The summed E-state index contributed by atoms with van der Waals surface area (Å²) in [5, 5.41) is 28.0. The van der Waals surface area contributed by atoms with E-state index in [0.717, 1.165) is 42.9 Å². The molecule has 0 bridgehead atoms. The van der Waals surface area contributed by atoms with E-state index in [1.54, 1.807) is 4.68 Å². The van der Waals surface area contributed by atoms with Gasteiger partial charge >= 0.3 is 0 Å². The molecule has 1 aliphatic rings. The Bertz CT molecular complexity index is 692. The van der Waals surface area contributed by atoms with Gasteiger partial charge in [0, 0.05) is 25.2 Å². The molecule has 0 aliphatic carbocycles. The monoisotopic (exact) mass is 354 g/mol. The van der Waals surface area contributed by atoms with Crippen LogP contribution >= 0.6 is 11.6 Å². The van der Waals surface area contributed by atoms with Gasteiger partial charge in [-0.05, 0) is 38.8 Å². The van der Waals surface area contributed by atoms with Crippen molar-refractivity contribution >= 4 is 11.6 Å². The Kier molecular flexibility index (Phi) is 5.24. The summed E-state index contributed by atoms with van der Waals surface area (Å²) in [5.41, 5.74) is 2.38. The van der Waals surface area contributed by atoms with Crippen molar-refractivity contribution in [2.24, 2.45) is 13.0 Å². The van der Waals surface area contributed by atoms with Gasteiger partial charge in [0.1, 0.15) is 22.3 Å². The molecule has 0 aromatic carbocycles. The van der Waals surface area contributed by atoms with Crippen LogP contribution in [0.3, 0.4) is 0 Å². The number of rotatable bonds is 5. The molecule has 1 unspecified atom stereocenters. The highest BCUT2D eigenvalue weighted by molar-refractivity contribution is 6.30. The number of aryl methyl sites for hydroxylation is 2. The second kappa shape index (κ2) is 7.23. The summed E-state index contributed by atoms with van der Waals surface area (Å²) < 4.78 is 6.81. The van der Waals surface area contributed by atoms with E-state index in [4.69, 9.17) is 21.2 Å². The van der Waals surface area contributed by atoms with Crippen molar-refractivity contribution in [3.63, 3.8) is 0 Å². The topological polar surface area (TPSA) is 87.6 Å². The smallest absolute Gasteiger partial charge is 0.134 e. The van der Waals surface area contributed by atoms with Crippen LogP contribution in [0.5, 0.6) is 0 Å². The number of aromatic nitrogens is 3. The Labute approximate surface area is 145 Å². The van der Waals surface area contributed by atoms with E-state index in [2.05, 4.69) is 15.2 Å². The minimum atomic E-state index is -0.622. The van der Waals surface area contributed by atoms with Crippen molar-refractivity contribution in [3.8, 4) is 11.4 Å². The molecule has 0 radical (unpaired) electrons. The molecular weight excluding hydrogens is 332 g/mol. The minimum absolute atomic E-state index is 0.160. The molecule has 1 fully saturated rings. The zero-order chi connectivity index (χ0) is 17.3. The van der Waals surface area contributed by atoms with E-state index >= 15 is 0 Å². The van der Waals surface area contributed by atoms with Crippen LogP contribution in [0.25, 0.3) is 11.4 Å². The maximum absolute atomic E-state index is 9.78. The lowest BCUT2D eigenvalue weighted by Gasteiger charge is -2.33. The van der Waals surface area contributed by atoms with Crippen LogP contribution in [-0.4, -0.2) is 55.9 Å². The van der Waals surface area contributed by atoms with E-state index in [9.17, 15) is 5.11 Å². The van der Waals surface area contributed by atoms with E-state index in [0.29, 0.717) is 17.4 Å². The largest absolute Gasteiger partial charge is 0.394 e. The normalized spacial score (nSPS) is 18.2. The van der Waals surface area contributed by atoms with Gasteiger partial charge in [-0.15, -0.1) is 0 Å². The molecule has 2 aromatic rings. The lowest BCUT2D eigenvalue weighted by atomic mass is 9.91. The number of aliphatic hydroxyl groups excluding tert-OH is 2. The van der Waals surface area contributed by atoms with Crippen LogP contribution in [0.4, 0.5) is 0 Å². The Morgan fingerprint density at radius 2 is 2.12 bits per heavy atom. The number of aliphatic hydroxyl groups is 2. The first-order valence-electron chi connectivity index (χ1n) is 8.16. The molecular formula is C16H23ClN4O3. The molecule has 1 aliphatic heterocycles. The van der Waals surface area contributed by atoms with Crippen LogP contribution in [-0.2, 0) is 13.6 Å². The first kappa shape index (κ1) is 17.4. The van der Waals surface area contributed by atoms with Crippen LogP contribution in [0.15, 0.2) is 10.6 Å². The van der Waals surface area contributed by atoms with E-state index in [-0.39, 0.29) is 12.5 Å². The number of likely N-dealkylation sites (tertiary alicyclic amines) is 1. The maximum Gasteiger partial charge on any atom is 0.134 e. The third-order valence-electron chi connectivity index (χ3n) is 4.68. The van der Waals surface area contributed by atoms with E-state index in [1.165, 1.54) is 0 Å². The summed E-state index contributed by atoms with van der Waals surface area (Å²) in [7, 11) is 1.81. The molecule has 2 aromatic heterocycles.